The van der Waals surface area contributed by atoms with Crippen LogP contribution in [0.15, 0.2) is 24.3 Å². The van der Waals surface area contributed by atoms with Crippen LogP contribution in [0.2, 0.25) is 0 Å². The molecular weight excluding hydrogens is 392 g/mol. The van der Waals surface area contributed by atoms with Crippen molar-refractivity contribution in [2.75, 3.05) is 19.8 Å². The second-order valence-corrected chi connectivity index (χ2v) is 6.40. The van der Waals surface area contributed by atoms with E-state index >= 15 is 0 Å². The van der Waals surface area contributed by atoms with Crippen molar-refractivity contribution in [2.45, 2.75) is 36.8 Å². The quantitative estimate of drug-likeness (QED) is 0.139. The number of hydrogen-bond donors (Lipinski definition) is 7. The van der Waals surface area contributed by atoms with Crippen LogP contribution >= 0.6 is 0 Å². The first-order chi connectivity index (χ1) is 13.7. The number of carbonyl (C=O) groups is 1. The molecule has 1 aliphatic heterocycles. The maximum Gasteiger partial charge on any atom is 0.330 e. The molecule has 11 heteroatoms. The molecule has 1 aromatic carbocycles. The Bertz CT molecular complexity index is 705. The fourth-order valence-corrected chi connectivity index (χ4v) is 2.49. The normalized spacial score (nSPS) is 28.4. The number of phenols is 2. The number of ether oxygens (including phenoxy) is 3. The molecule has 0 aromatic heterocycles. The van der Waals surface area contributed by atoms with E-state index in [0.717, 1.165) is 6.08 Å². The van der Waals surface area contributed by atoms with Gasteiger partial charge in [-0.1, -0.05) is 6.07 Å². The smallest absolute Gasteiger partial charge is 0.330 e. The number of rotatable bonds is 8. The largest absolute Gasteiger partial charge is 0.504 e. The summed E-state index contributed by atoms with van der Waals surface area (Å²) in [4.78, 5) is 11.7. The van der Waals surface area contributed by atoms with Crippen LogP contribution in [0.1, 0.15) is 5.56 Å². The predicted octanol–water partition coefficient (Wildman–Crippen LogP) is -2.17. The van der Waals surface area contributed by atoms with Crippen LogP contribution in [0.5, 0.6) is 11.5 Å². The molecule has 1 heterocycles. The average Bonchev–Trinajstić information content (AvgIpc) is 2.70. The molecule has 0 radical (unpaired) electrons. The van der Waals surface area contributed by atoms with Crippen molar-refractivity contribution >= 4 is 12.0 Å². The molecule has 1 aromatic rings. The summed E-state index contributed by atoms with van der Waals surface area (Å²) in [6.45, 7) is -1.48. The highest BCUT2D eigenvalue weighted by Crippen LogP contribution is 2.25. The van der Waals surface area contributed by atoms with Crippen LogP contribution in [0.3, 0.4) is 0 Å². The van der Waals surface area contributed by atoms with Crippen LogP contribution in [-0.2, 0) is 19.0 Å². The van der Waals surface area contributed by atoms with Gasteiger partial charge in [-0.25, -0.2) is 4.79 Å². The van der Waals surface area contributed by atoms with Gasteiger partial charge in [0.05, 0.1) is 13.2 Å². The van der Waals surface area contributed by atoms with Crippen molar-refractivity contribution in [1.29, 1.82) is 0 Å². The van der Waals surface area contributed by atoms with Gasteiger partial charge < -0.3 is 50.0 Å². The first kappa shape index (κ1) is 23.0. The number of esters is 1. The van der Waals surface area contributed by atoms with Gasteiger partial charge in [-0.3, -0.25) is 0 Å². The molecule has 0 spiro atoms. The summed E-state index contributed by atoms with van der Waals surface area (Å²) in [5.41, 5.74) is 0.434. The molecule has 0 unspecified atom stereocenters. The minimum Gasteiger partial charge on any atom is -0.504 e. The Morgan fingerprint density at radius 1 is 1.10 bits per heavy atom. The van der Waals surface area contributed by atoms with Crippen molar-refractivity contribution in [1.82, 2.24) is 0 Å². The Morgan fingerprint density at radius 2 is 1.83 bits per heavy atom. The molecule has 0 saturated carbocycles. The Labute approximate surface area is 165 Å². The second kappa shape index (κ2) is 10.5. The fraction of sp³-hybridized carbons (Fsp3) is 0.500. The zero-order valence-electron chi connectivity index (χ0n) is 15.2. The van der Waals surface area contributed by atoms with Gasteiger partial charge in [0.15, 0.2) is 17.8 Å². The van der Waals surface area contributed by atoms with Crippen LogP contribution in [-0.4, -0.2) is 98.3 Å². The summed E-state index contributed by atoms with van der Waals surface area (Å²) >= 11 is 0. The van der Waals surface area contributed by atoms with E-state index in [1.165, 1.54) is 24.3 Å². The highest BCUT2D eigenvalue weighted by atomic mass is 16.7. The van der Waals surface area contributed by atoms with Crippen LogP contribution in [0.4, 0.5) is 0 Å². The van der Waals surface area contributed by atoms with Crippen molar-refractivity contribution in [3.63, 3.8) is 0 Å². The topological polar surface area (TPSA) is 186 Å². The first-order valence-corrected chi connectivity index (χ1v) is 8.70. The van der Waals surface area contributed by atoms with E-state index < -0.39 is 62.6 Å². The molecule has 2 rings (SSSR count). The van der Waals surface area contributed by atoms with E-state index in [1.807, 2.05) is 0 Å². The van der Waals surface area contributed by atoms with E-state index in [4.69, 9.17) is 19.3 Å². The highest BCUT2D eigenvalue weighted by Gasteiger charge is 2.44. The van der Waals surface area contributed by atoms with E-state index in [2.05, 4.69) is 0 Å². The highest BCUT2D eigenvalue weighted by molar-refractivity contribution is 5.87. The Hall–Kier alpha value is -2.25. The van der Waals surface area contributed by atoms with Crippen LogP contribution in [0.25, 0.3) is 6.08 Å². The Morgan fingerprint density at radius 3 is 2.48 bits per heavy atom. The van der Waals surface area contributed by atoms with Gasteiger partial charge in [0.25, 0.3) is 0 Å². The number of aliphatic hydroxyl groups is 5. The van der Waals surface area contributed by atoms with Gasteiger partial charge in [0, 0.05) is 6.08 Å². The Kier molecular flexibility index (Phi) is 8.34. The summed E-state index contributed by atoms with van der Waals surface area (Å²) in [6, 6.07) is 3.95. The van der Waals surface area contributed by atoms with Gasteiger partial charge in [0.1, 0.15) is 37.1 Å². The third-order valence-corrected chi connectivity index (χ3v) is 4.13. The van der Waals surface area contributed by atoms with Gasteiger partial charge >= 0.3 is 5.97 Å². The van der Waals surface area contributed by atoms with Crippen molar-refractivity contribution in [3.8, 4) is 11.5 Å². The molecule has 0 bridgehead atoms. The SMILES string of the molecule is O=C(C=Cc1ccc(O)c(O)c1)OC[C@@H](O)CO[C@@H]1O[C@H](CO)[C@@H](O)[C@H](O)[C@H]1O. The van der Waals surface area contributed by atoms with E-state index in [0.29, 0.717) is 5.56 Å². The third kappa shape index (κ3) is 6.37. The minimum atomic E-state index is -1.61. The molecule has 1 fully saturated rings. The minimum absolute atomic E-state index is 0.299. The van der Waals surface area contributed by atoms with E-state index in [9.17, 15) is 35.4 Å². The monoisotopic (exact) mass is 416 g/mol. The lowest BCUT2D eigenvalue weighted by atomic mass is 9.99. The predicted molar refractivity (Wildman–Crippen MR) is 95.5 cm³/mol. The molecule has 162 valence electrons. The molecule has 6 atom stereocenters. The van der Waals surface area contributed by atoms with Crippen LogP contribution in [0, 0.1) is 0 Å². The molecule has 0 aliphatic carbocycles. The standard InChI is InChI=1S/C18H24O11/c19-6-13-15(24)16(25)17(26)18(29-13)28-8-10(20)7-27-14(23)4-2-9-1-3-11(21)12(22)5-9/h1-5,10,13,15-22,24-26H,6-8H2/t10-,13-,15-,16+,17-,18-/m1/s1. The Balaban J connectivity index is 1.76. The molecular formula is C18H24O11. The molecule has 11 nitrogen and oxygen atoms in total. The molecule has 1 aliphatic rings. The summed E-state index contributed by atoms with van der Waals surface area (Å²) in [6.07, 6.45) is -6.18. The average molecular weight is 416 g/mol. The van der Waals surface area contributed by atoms with Crippen molar-refractivity contribution < 1.29 is 54.8 Å². The lowest BCUT2D eigenvalue weighted by molar-refractivity contribution is -0.304. The lowest BCUT2D eigenvalue weighted by Gasteiger charge is -2.39. The number of benzene rings is 1. The van der Waals surface area contributed by atoms with Gasteiger partial charge in [0.2, 0.25) is 0 Å². The van der Waals surface area contributed by atoms with E-state index in [-0.39, 0.29) is 11.5 Å². The summed E-state index contributed by atoms with van der Waals surface area (Å²) < 4.78 is 15.1. The van der Waals surface area contributed by atoms with E-state index in [1.54, 1.807) is 0 Å². The maximum absolute atomic E-state index is 11.7. The first-order valence-electron chi connectivity index (χ1n) is 8.70. The van der Waals surface area contributed by atoms with Crippen LogP contribution < -0.4 is 0 Å². The second-order valence-electron chi connectivity index (χ2n) is 6.40. The molecule has 1 saturated heterocycles. The zero-order valence-corrected chi connectivity index (χ0v) is 15.2. The number of aliphatic hydroxyl groups excluding tert-OH is 5. The number of carbonyl (C=O) groups excluding carboxylic acids is 1. The number of aromatic hydroxyl groups is 2. The molecule has 29 heavy (non-hydrogen) atoms. The maximum atomic E-state index is 11.7. The summed E-state index contributed by atoms with van der Waals surface area (Å²) in [5.74, 6) is -1.43. The van der Waals surface area contributed by atoms with Crippen molar-refractivity contribution in [2.24, 2.45) is 0 Å². The lowest BCUT2D eigenvalue weighted by Crippen LogP contribution is -2.59. The van der Waals surface area contributed by atoms with Gasteiger partial charge in [-0.15, -0.1) is 0 Å². The molecule has 7 N–H and O–H groups in total. The fourth-order valence-electron chi connectivity index (χ4n) is 2.49. The summed E-state index contributed by atoms with van der Waals surface area (Å²) in [7, 11) is 0. The van der Waals surface area contributed by atoms with Crippen molar-refractivity contribution in [3.05, 3.63) is 29.8 Å². The number of hydrogen-bond acceptors (Lipinski definition) is 11. The zero-order chi connectivity index (χ0) is 21.6. The van der Waals surface area contributed by atoms with Gasteiger partial charge in [-0.05, 0) is 23.8 Å². The molecule has 0 amide bonds. The van der Waals surface area contributed by atoms with Gasteiger partial charge in [-0.2, -0.15) is 0 Å². The summed E-state index contributed by atoms with van der Waals surface area (Å²) in [5, 5.41) is 66.6. The third-order valence-electron chi connectivity index (χ3n) is 4.13. The number of phenolic OH excluding ortho intramolecular Hbond substituents is 2.